The van der Waals surface area contributed by atoms with E-state index >= 15 is 0 Å². The van der Waals surface area contributed by atoms with Crippen LogP contribution in [0.1, 0.15) is 24.2 Å². The molecule has 0 heterocycles. The molecule has 0 saturated carbocycles. The minimum Gasteiger partial charge on any atom is -0.495 e. The van der Waals surface area contributed by atoms with E-state index in [9.17, 15) is 9.59 Å². The van der Waals surface area contributed by atoms with Gasteiger partial charge in [0.2, 0.25) is 5.91 Å². The first-order valence-corrected chi connectivity index (χ1v) is 11.5. The number of nitrogens with one attached hydrogen (secondary N) is 3. The maximum atomic E-state index is 12.6. The summed E-state index contributed by atoms with van der Waals surface area (Å²) in [4.78, 5) is 24.9. The Hall–Kier alpha value is -3.36. The normalized spacial score (nSPS) is 11.2. The van der Waals surface area contributed by atoms with Crippen LogP contribution in [0.15, 0.2) is 77.7 Å². The van der Waals surface area contributed by atoms with E-state index in [0.717, 1.165) is 16.3 Å². The number of thiocarbonyl (C=S) groups is 1. The quantitative estimate of drug-likeness (QED) is 0.213. The summed E-state index contributed by atoms with van der Waals surface area (Å²) < 4.78 is 5.33. The van der Waals surface area contributed by atoms with Crippen LogP contribution in [0, 0.1) is 0 Å². The maximum absolute atomic E-state index is 12.6. The number of anilines is 3. The van der Waals surface area contributed by atoms with Crippen molar-refractivity contribution in [1.29, 1.82) is 0 Å². The van der Waals surface area contributed by atoms with Crippen LogP contribution in [0.25, 0.3) is 0 Å². The van der Waals surface area contributed by atoms with Crippen molar-refractivity contribution in [2.45, 2.75) is 24.0 Å². The van der Waals surface area contributed by atoms with E-state index < -0.39 is 0 Å². The summed E-state index contributed by atoms with van der Waals surface area (Å²) in [7, 11) is 1.61. The van der Waals surface area contributed by atoms with Gasteiger partial charge in [0, 0.05) is 21.8 Å². The molecule has 0 bridgehead atoms. The summed E-state index contributed by atoms with van der Waals surface area (Å²) in [5.74, 6) is 0.562. The third-order valence-corrected chi connectivity index (χ3v) is 5.99. The van der Waals surface area contributed by atoms with E-state index in [1.807, 2.05) is 55.5 Å². The summed E-state index contributed by atoms with van der Waals surface area (Å²) in [6.45, 7) is 3.36. The van der Waals surface area contributed by atoms with E-state index in [0.29, 0.717) is 22.1 Å². The molecule has 1 atom stereocenters. The number of ether oxygens (including phenoxy) is 1. The number of benzene rings is 3. The number of methoxy groups -OCH3 is 1. The largest absolute Gasteiger partial charge is 0.495 e. The highest BCUT2D eigenvalue weighted by Gasteiger charge is 2.15. The summed E-state index contributed by atoms with van der Waals surface area (Å²) in [6.07, 6.45) is 0. The van der Waals surface area contributed by atoms with Crippen LogP contribution in [0.4, 0.5) is 17.1 Å². The van der Waals surface area contributed by atoms with Crippen molar-refractivity contribution >= 4 is 57.8 Å². The smallest absolute Gasteiger partial charge is 0.237 e. The van der Waals surface area contributed by atoms with E-state index in [1.54, 1.807) is 31.4 Å². The molecular weight excluding hydrogens is 454 g/mol. The zero-order valence-corrected chi connectivity index (χ0v) is 20.2. The fourth-order valence-corrected chi connectivity index (χ4v) is 4.12. The first kappa shape index (κ1) is 24.3. The second-order valence-electron chi connectivity index (χ2n) is 7.19. The molecule has 0 aromatic heterocycles. The first-order valence-electron chi connectivity index (χ1n) is 10.3. The number of thioether (sulfide) groups is 1. The minimum atomic E-state index is -0.327. The lowest BCUT2D eigenvalue weighted by Crippen LogP contribution is -2.22. The summed E-state index contributed by atoms with van der Waals surface area (Å²) in [5, 5.41) is 9.28. The van der Waals surface area contributed by atoms with Crippen molar-refractivity contribution in [2.75, 3.05) is 23.1 Å². The molecule has 6 nitrogen and oxygen atoms in total. The van der Waals surface area contributed by atoms with Gasteiger partial charge in [0.05, 0.1) is 18.0 Å². The molecule has 0 aliphatic heterocycles. The van der Waals surface area contributed by atoms with E-state index in [4.69, 9.17) is 17.0 Å². The van der Waals surface area contributed by atoms with E-state index in [-0.39, 0.29) is 16.9 Å². The van der Waals surface area contributed by atoms with E-state index in [2.05, 4.69) is 16.0 Å². The van der Waals surface area contributed by atoms with Crippen molar-refractivity contribution in [2.24, 2.45) is 0 Å². The Morgan fingerprint density at radius 1 is 0.909 bits per heavy atom. The van der Waals surface area contributed by atoms with Crippen molar-refractivity contribution in [3.05, 3.63) is 78.4 Å². The molecule has 3 N–H and O–H groups in total. The second-order valence-corrected chi connectivity index (χ2v) is 9.01. The number of carbonyl (C=O) groups excluding carboxylic acids is 2. The fraction of sp³-hybridized carbons (Fsp3) is 0.160. The Bertz CT molecular complexity index is 1150. The summed E-state index contributed by atoms with van der Waals surface area (Å²) in [5.41, 5.74) is 2.84. The van der Waals surface area contributed by atoms with Crippen molar-refractivity contribution in [3.63, 3.8) is 0 Å². The number of amides is 1. The Morgan fingerprint density at radius 2 is 1.64 bits per heavy atom. The summed E-state index contributed by atoms with van der Waals surface area (Å²) >= 11 is 6.87. The van der Waals surface area contributed by atoms with Crippen molar-refractivity contribution in [1.82, 2.24) is 0 Å². The van der Waals surface area contributed by atoms with Gasteiger partial charge in [-0.25, -0.2) is 0 Å². The third kappa shape index (κ3) is 7.06. The van der Waals surface area contributed by atoms with Gasteiger partial charge in [0.15, 0.2) is 10.9 Å². The number of hydrogen-bond acceptors (Lipinski definition) is 5. The molecule has 0 saturated heterocycles. The van der Waals surface area contributed by atoms with E-state index in [1.165, 1.54) is 18.7 Å². The standard InChI is InChI=1S/C25H25N3O3S2/c1-16(29)18-11-13-19(14-12-18)26-24(30)17(2)33-21-8-6-7-20(15-21)27-25(32)28-22-9-4-5-10-23(22)31-3/h4-15,17H,1-3H3,(H,26,30)(H2,27,28,32). The molecule has 0 fully saturated rings. The zero-order chi connectivity index (χ0) is 23.8. The van der Waals surface area contributed by atoms with Crippen LogP contribution in [0.3, 0.4) is 0 Å². The monoisotopic (exact) mass is 479 g/mol. The number of hydrogen-bond donors (Lipinski definition) is 3. The predicted octanol–water partition coefficient (Wildman–Crippen LogP) is 5.83. The number of para-hydroxylation sites is 2. The van der Waals surface area contributed by atoms with Gasteiger partial charge in [-0.15, -0.1) is 11.8 Å². The fourth-order valence-electron chi connectivity index (χ4n) is 2.97. The molecule has 0 aliphatic carbocycles. The van der Waals surface area contributed by atoms with Gasteiger partial charge in [0.1, 0.15) is 5.75 Å². The first-order chi connectivity index (χ1) is 15.9. The van der Waals surface area contributed by atoms with Crippen LogP contribution in [-0.2, 0) is 4.79 Å². The highest BCUT2D eigenvalue weighted by Crippen LogP contribution is 2.27. The molecule has 170 valence electrons. The molecular formula is C25H25N3O3S2. The van der Waals surface area contributed by atoms with Crippen LogP contribution in [-0.4, -0.2) is 29.2 Å². The molecule has 0 radical (unpaired) electrons. The highest BCUT2D eigenvalue weighted by atomic mass is 32.2. The number of carbonyl (C=O) groups is 2. The lowest BCUT2D eigenvalue weighted by atomic mass is 10.1. The predicted molar refractivity (Wildman–Crippen MR) is 140 cm³/mol. The molecule has 0 aliphatic rings. The number of Topliss-reactive ketones (excluding diaryl/α,β-unsaturated/α-hetero) is 1. The van der Waals surface area contributed by atoms with Gasteiger partial charge >= 0.3 is 0 Å². The molecule has 1 amide bonds. The van der Waals surface area contributed by atoms with Crippen LogP contribution in [0.2, 0.25) is 0 Å². The molecule has 3 aromatic carbocycles. The van der Waals surface area contributed by atoms with Gasteiger partial charge in [-0.1, -0.05) is 18.2 Å². The molecule has 3 rings (SSSR count). The molecule has 1 unspecified atom stereocenters. The Kier molecular flexibility index (Phi) is 8.46. The number of ketones is 1. The number of rotatable bonds is 8. The SMILES string of the molecule is COc1ccccc1NC(=S)Nc1cccc(SC(C)C(=O)Nc2ccc(C(C)=O)cc2)c1. The van der Waals surface area contributed by atoms with Crippen molar-refractivity contribution in [3.8, 4) is 5.75 Å². The highest BCUT2D eigenvalue weighted by molar-refractivity contribution is 8.00. The van der Waals surface area contributed by atoms with Gasteiger partial charge in [-0.3, -0.25) is 9.59 Å². The molecule has 3 aromatic rings. The molecule has 8 heteroatoms. The molecule has 0 spiro atoms. The zero-order valence-electron chi connectivity index (χ0n) is 18.5. The van der Waals surface area contributed by atoms with Crippen LogP contribution in [0.5, 0.6) is 5.75 Å². The van der Waals surface area contributed by atoms with Gasteiger partial charge in [0.25, 0.3) is 0 Å². The Morgan fingerprint density at radius 3 is 2.33 bits per heavy atom. The van der Waals surface area contributed by atoms with Crippen LogP contribution >= 0.6 is 24.0 Å². The van der Waals surface area contributed by atoms with Crippen LogP contribution < -0.4 is 20.7 Å². The van der Waals surface area contributed by atoms with Gasteiger partial charge < -0.3 is 20.7 Å². The lowest BCUT2D eigenvalue weighted by Gasteiger charge is -2.15. The molecule has 33 heavy (non-hydrogen) atoms. The second kappa shape index (κ2) is 11.5. The Labute approximate surface area is 203 Å². The van der Waals surface area contributed by atoms with Gasteiger partial charge in [-0.2, -0.15) is 0 Å². The topological polar surface area (TPSA) is 79.5 Å². The Balaban J connectivity index is 1.57. The third-order valence-electron chi connectivity index (χ3n) is 4.69. The minimum absolute atomic E-state index is 0.0112. The lowest BCUT2D eigenvalue weighted by molar-refractivity contribution is -0.115. The van der Waals surface area contributed by atoms with Gasteiger partial charge in [-0.05, 0) is 80.7 Å². The van der Waals surface area contributed by atoms with Crippen molar-refractivity contribution < 1.29 is 14.3 Å². The summed E-state index contributed by atoms with van der Waals surface area (Å²) in [6, 6.07) is 22.1. The average molecular weight is 480 g/mol. The average Bonchev–Trinajstić information content (AvgIpc) is 2.80. The maximum Gasteiger partial charge on any atom is 0.237 e.